The number of fused-ring (bicyclic) bond motifs is 1. The number of hydrogen-bond donors (Lipinski definition) is 2. The van der Waals surface area contributed by atoms with Crippen LogP contribution in [0, 0.1) is 10.1 Å². The van der Waals surface area contributed by atoms with Gasteiger partial charge in [0.15, 0.2) is 0 Å². The maximum Gasteiger partial charge on any atom is 0.269 e. The number of imidazole rings is 1. The molecule has 7 nitrogen and oxygen atoms in total. The minimum atomic E-state index is -0.518. The lowest BCUT2D eigenvalue weighted by molar-refractivity contribution is -0.384. The number of nitro benzene ring substituents is 1. The Morgan fingerprint density at radius 3 is 2.54 bits per heavy atom. The zero-order valence-electron chi connectivity index (χ0n) is 14.3. The topological polar surface area (TPSA) is 101 Å². The van der Waals surface area contributed by atoms with E-state index in [0.717, 1.165) is 16.6 Å². The van der Waals surface area contributed by atoms with Crippen LogP contribution < -0.4 is 5.32 Å². The minimum absolute atomic E-state index is 0.0820. The van der Waals surface area contributed by atoms with Crippen LogP contribution in [0.15, 0.2) is 66.7 Å². The first-order chi connectivity index (χ1) is 13.5. The fraction of sp³-hybridized carbons (Fsp3) is 0. The Balaban J connectivity index is 1.61. The van der Waals surface area contributed by atoms with Gasteiger partial charge in [0.25, 0.3) is 11.6 Å². The van der Waals surface area contributed by atoms with E-state index < -0.39 is 10.8 Å². The van der Waals surface area contributed by atoms with Crippen LogP contribution in [0.4, 0.5) is 11.4 Å². The second-order valence-electron chi connectivity index (χ2n) is 6.06. The van der Waals surface area contributed by atoms with Gasteiger partial charge in [-0.3, -0.25) is 14.9 Å². The van der Waals surface area contributed by atoms with E-state index in [1.165, 1.54) is 24.3 Å². The highest BCUT2D eigenvalue weighted by atomic mass is 35.5. The highest BCUT2D eigenvalue weighted by Gasteiger charge is 2.13. The summed E-state index contributed by atoms with van der Waals surface area (Å²) < 4.78 is 0. The molecule has 4 aromatic rings. The van der Waals surface area contributed by atoms with Crippen LogP contribution in [-0.4, -0.2) is 20.8 Å². The van der Waals surface area contributed by atoms with Crippen LogP contribution in [0.2, 0.25) is 5.02 Å². The Bertz CT molecular complexity index is 1170. The molecule has 0 saturated carbocycles. The van der Waals surface area contributed by atoms with Crippen molar-refractivity contribution in [3.63, 3.8) is 0 Å². The smallest absolute Gasteiger partial charge is 0.269 e. The van der Waals surface area contributed by atoms with E-state index in [2.05, 4.69) is 15.3 Å². The molecular weight excluding hydrogens is 380 g/mol. The Morgan fingerprint density at radius 1 is 1.07 bits per heavy atom. The molecule has 0 unspecified atom stereocenters. The zero-order chi connectivity index (χ0) is 19.7. The first-order valence-corrected chi connectivity index (χ1v) is 8.69. The fourth-order valence-corrected chi connectivity index (χ4v) is 2.95. The van der Waals surface area contributed by atoms with Gasteiger partial charge in [0.1, 0.15) is 5.82 Å². The highest BCUT2D eigenvalue weighted by Crippen LogP contribution is 2.29. The van der Waals surface area contributed by atoms with E-state index in [1.54, 1.807) is 12.1 Å². The molecule has 0 bridgehead atoms. The summed E-state index contributed by atoms with van der Waals surface area (Å²) in [5.74, 6) is 0.238. The van der Waals surface area contributed by atoms with Crippen molar-refractivity contribution in [1.82, 2.24) is 9.97 Å². The van der Waals surface area contributed by atoms with Crippen LogP contribution in [0.25, 0.3) is 22.4 Å². The van der Waals surface area contributed by atoms with Crippen molar-refractivity contribution in [2.45, 2.75) is 0 Å². The third-order valence-corrected chi connectivity index (χ3v) is 4.55. The molecule has 3 aromatic carbocycles. The minimum Gasteiger partial charge on any atom is -0.338 e. The van der Waals surface area contributed by atoms with E-state index in [4.69, 9.17) is 11.6 Å². The molecule has 1 aromatic heterocycles. The van der Waals surface area contributed by atoms with Crippen molar-refractivity contribution in [2.75, 3.05) is 5.32 Å². The summed E-state index contributed by atoms with van der Waals surface area (Å²) in [6, 6.07) is 18.2. The predicted molar refractivity (Wildman–Crippen MR) is 108 cm³/mol. The van der Waals surface area contributed by atoms with Crippen LogP contribution in [-0.2, 0) is 0 Å². The van der Waals surface area contributed by atoms with Crippen molar-refractivity contribution in [3.8, 4) is 11.4 Å². The number of halogens is 1. The van der Waals surface area contributed by atoms with Gasteiger partial charge >= 0.3 is 0 Å². The van der Waals surface area contributed by atoms with Gasteiger partial charge in [0.2, 0.25) is 0 Å². The Kier molecular flexibility index (Phi) is 4.50. The SMILES string of the molecule is O=C(Nc1cc(-c2nc3ccccc3[nH]2)ccc1Cl)c1ccc([N+](=O)[O-])cc1. The summed E-state index contributed by atoms with van der Waals surface area (Å²) in [7, 11) is 0. The quantitative estimate of drug-likeness (QED) is 0.375. The number of carbonyl (C=O) groups excluding carboxylic acids is 1. The second kappa shape index (κ2) is 7.13. The number of benzene rings is 3. The van der Waals surface area contributed by atoms with Gasteiger partial charge in [0, 0.05) is 23.3 Å². The van der Waals surface area contributed by atoms with Crippen molar-refractivity contribution in [1.29, 1.82) is 0 Å². The number of nitrogens with one attached hydrogen (secondary N) is 2. The normalized spacial score (nSPS) is 10.8. The number of H-pyrrole nitrogens is 1. The number of aromatic nitrogens is 2. The molecule has 28 heavy (non-hydrogen) atoms. The molecule has 0 aliphatic rings. The molecule has 0 aliphatic heterocycles. The number of nitrogens with zero attached hydrogens (tertiary/aromatic N) is 2. The van der Waals surface area contributed by atoms with E-state index in [1.807, 2.05) is 30.3 Å². The van der Waals surface area contributed by atoms with E-state index >= 15 is 0 Å². The first kappa shape index (κ1) is 17.7. The summed E-state index contributed by atoms with van der Waals surface area (Å²) in [5.41, 5.74) is 3.13. The third kappa shape index (κ3) is 3.43. The monoisotopic (exact) mass is 392 g/mol. The molecule has 0 atom stereocenters. The molecule has 4 rings (SSSR count). The summed E-state index contributed by atoms with van der Waals surface area (Å²) >= 11 is 6.23. The van der Waals surface area contributed by atoms with Crippen LogP contribution in [0.1, 0.15) is 10.4 Å². The molecule has 1 heterocycles. The maximum atomic E-state index is 12.5. The lowest BCUT2D eigenvalue weighted by atomic mass is 10.1. The Labute approximate surface area is 164 Å². The zero-order valence-corrected chi connectivity index (χ0v) is 15.1. The number of hydrogen-bond acceptors (Lipinski definition) is 4. The molecular formula is C20H13ClN4O3. The van der Waals surface area contributed by atoms with Gasteiger partial charge in [-0.05, 0) is 42.5 Å². The molecule has 2 N–H and O–H groups in total. The number of amides is 1. The summed E-state index contributed by atoms with van der Waals surface area (Å²) in [6.07, 6.45) is 0. The lowest BCUT2D eigenvalue weighted by Crippen LogP contribution is -2.12. The summed E-state index contributed by atoms with van der Waals surface area (Å²) in [6.45, 7) is 0. The molecule has 1 amide bonds. The van der Waals surface area contributed by atoms with E-state index in [-0.39, 0.29) is 11.3 Å². The van der Waals surface area contributed by atoms with Crippen molar-refractivity contribution in [3.05, 3.63) is 87.4 Å². The van der Waals surface area contributed by atoms with Crippen LogP contribution >= 0.6 is 11.6 Å². The number of para-hydroxylation sites is 2. The fourth-order valence-electron chi connectivity index (χ4n) is 2.79. The van der Waals surface area contributed by atoms with Crippen molar-refractivity contribution >= 4 is 39.9 Å². The summed E-state index contributed by atoms with van der Waals surface area (Å²) in [5, 5.41) is 13.8. The highest BCUT2D eigenvalue weighted by molar-refractivity contribution is 6.34. The van der Waals surface area contributed by atoms with Crippen molar-refractivity contribution in [2.24, 2.45) is 0 Å². The molecule has 0 aliphatic carbocycles. The molecule has 0 fully saturated rings. The number of carbonyl (C=O) groups is 1. The average molecular weight is 393 g/mol. The van der Waals surface area contributed by atoms with Gasteiger partial charge in [-0.15, -0.1) is 0 Å². The first-order valence-electron chi connectivity index (χ1n) is 8.32. The predicted octanol–water partition coefficient (Wildman–Crippen LogP) is 5.04. The van der Waals surface area contributed by atoms with Gasteiger partial charge in [-0.1, -0.05) is 23.7 Å². The lowest BCUT2D eigenvalue weighted by Gasteiger charge is -2.09. The maximum absolute atomic E-state index is 12.5. The largest absolute Gasteiger partial charge is 0.338 e. The Morgan fingerprint density at radius 2 is 1.82 bits per heavy atom. The second-order valence-corrected chi connectivity index (χ2v) is 6.46. The molecule has 0 saturated heterocycles. The van der Waals surface area contributed by atoms with Gasteiger partial charge < -0.3 is 10.3 Å². The number of aromatic amines is 1. The van der Waals surface area contributed by atoms with E-state index in [0.29, 0.717) is 16.5 Å². The number of non-ortho nitro benzene ring substituents is 1. The number of anilines is 1. The molecule has 0 spiro atoms. The summed E-state index contributed by atoms with van der Waals surface area (Å²) in [4.78, 5) is 30.5. The van der Waals surface area contributed by atoms with Crippen LogP contribution in [0.5, 0.6) is 0 Å². The Hall–Kier alpha value is -3.71. The number of nitro groups is 1. The van der Waals surface area contributed by atoms with Gasteiger partial charge in [0.05, 0.1) is 26.7 Å². The molecule has 0 radical (unpaired) electrons. The molecule has 138 valence electrons. The molecule has 8 heteroatoms. The van der Waals surface area contributed by atoms with E-state index in [9.17, 15) is 14.9 Å². The average Bonchev–Trinajstić information content (AvgIpc) is 3.14. The van der Waals surface area contributed by atoms with Crippen LogP contribution in [0.3, 0.4) is 0 Å². The van der Waals surface area contributed by atoms with Gasteiger partial charge in [-0.2, -0.15) is 0 Å². The third-order valence-electron chi connectivity index (χ3n) is 4.22. The number of rotatable bonds is 4. The van der Waals surface area contributed by atoms with Gasteiger partial charge in [-0.25, -0.2) is 4.98 Å². The van der Waals surface area contributed by atoms with Crippen molar-refractivity contribution < 1.29 is 9.72 Å². The standard InChI is InChI=1S/C20H13ClN4O3/c21-15-10-7-13(19-22-16-3-1-2-4-17(16)23-19)11-18(15)24-20(26)12-5-8-14(9-6-12)25(27)28/h1-11H,(H,22,23)(H,24,26).